The van der Waals surface area contributed by atoms with Gasteiger partial charge in [0.25, 0.3) is 0 Å². The average molecular weight is 334 g/mol. The van der Waals surface area contributed by atoms with Gasteiger partial charge in [-0.3, -0.25) is 0 Å². The third kappa shape index (κ3) is 4.11. The van der Waals surface area contributed by atoms with Gasteiger partial charge in [-0.05, 0) is 37.1 Å². The maximum atomic E-state index is 12.5. The van der Waals surface area contributed by atoms with Gasteiger partial charge in [0.1, 0.15) is 5.75 Å². The van der Waals surface area contributed by atoms with Gasteiger partial charge in [0.2, 0.25) is 10.0 Å². The van der Waals surface area contributed by atoms with E-state index in [0.717, 1.165) is 37.1 Å². The molecule has 2 rings (SSSR count). The van der Waals surface area contributed by atoms with E-state index in [9.17, 15) is 21.6 Å². The zero-order valence-corrected chi connectivity index (χ0v) is 12.2. The lowest BCUT2D eigenvalue weighted by Gasteiger charge is -2.20. The largest absolute Gasteiger partial charge is 0.573 e. The Morgan fingerprint density at radius 2 is 1.86 bits per heavy atom. The number of sulfonamides is 1. The third-order valence-electron chi connectivity index (χ3n) is 3.06. The van der Waals surface area contributed by atoms with Crippen molar-refractivity contribution in [2.75, 3.05) is 6.54 Å². The molecule has 1 fully saturated rings. The van der Waals surface area contributed by atoms with E-state index in [1.807, 2.05) is 6.07 Å². The fraction of sp³-hybridized carbons (Fsp3) is 0.462. The van der Waals surface area contributed by atoms with E-state index in [2.05, 4.69) is 4.74 Å². The number of ether oxygens (including phenoxy) is 1. The van der Waals surface area contributed by atoms with Crippen molar-refractivity contribution >= 4 is 10.0 Å². The van der Waals surface area contributed by atoms with Gasteiger partial charge in [-0.2, -0.15) is 9.57 Å². The minimum absolute atomic E-state index is 0.0605. The van der Waals surface area contributed by atoms with Crippen molar-refractivity contribution in [2.45, 2.75) is 36.6 Å². The van der Waals surface area contributed by atoms with Crippen LogP contribution >= 0.6 is 0 Å². The Kier molecular flexibility index (Phi) is 4.63. The molecule has 0 aromatic heterocycles. The first kappa shape index (κ1) is 16.6. The fourth-order valence-corrected chi connectivity index (χ4v) is 3.66. The Morgan fingerprint density at radius 1 is 1.27 bits per heavy atom. The van der Waals surface area contributed by atoms with E-state index in [4.69, 9.17) is 5.26 Å². The van der Waals surface area contributed by atoms with Crippen molar-refractivity contribution in [3.8, 4) is 11.8 Å². The van der Waals surface area contributed by atoms with Crippen LogP contribution in [0.25, 0.3) is 0 Å². The number of hydrogen-bond donors (Lipinski definition) is 0. The molecule has 0 saturated heterocycles. The van der Waals surface area contributed by atoms with Crippen LogP contribution in [0.5, 0.6) is 5.75 Å². The smallest absolute Gasteiger partial charge is 0.406 e. The zero-order valence-electron chi connectivity index (χ0n) is 11.4. The summed E-state index contributed by atoms with van der Waals surface area (Å²) in [7, 11) is -3.83. The van der Waals surface area contributed by atoms with Gasteiger partial charge in [-0.25, -0.2) is 8.42 Å². The van der Waals surface area contributed by atoms with Gasteiger partial charge in [-0.15, -0.1) is 13.2 Å². The fourth-order valence-electron chi connectivity index (χ4n) is 1.97. The van der Waals surface area contributed by atoms with Crippen LogP contribution in [-0.4, -0.2) is 31.7 Å². The highest BCUT2D eigenvalue weighted by Crippen LogP contribution is 2.33. The number of benzene rings is 1. The molecule has 120 valence electrons. The van der Waals surface area contributed by atoms with E-state index >= 15 is 0 Å². The highest BCUT2D eigenvalue weighted by molar-refractivity contribution is 7.89. The topological polar surface area (TPSA) is 70.4 Å². The number of halogens is 3. The Morgan fingerprint density at radius 3 is 2.32 bits per heavy atom. The molecule has 0 spiro atoms. The Hall–Kier alpha value is -1.79. The van der Waals surface area contributed by atoms with Crippen LogP contribution in [-0.2, 0) is 10.0 Å². The summed E-state index contributed by atoms with van der Waals surface area (Å²) < 4.78 is 66.1. The lowest BCUT2D eigenvalue weighted by molar-refractivity contribution is -0.274. The Labute approximate surface area is 126 Å². The van der Waals surface area contributed by atoms with Crippen molar-refractivity contribution in [3.05, 3.63) is 24.3 Å². The molecule has 0 N–H and O–H groups in total. The molecule has 0 atom stereocenters. The lowest BCUT2D eigenvalue weighted by atomic mass is 10.3. The number of nitrogens with zero attached hydrogens (tertiary/aromatic N) is 2. The maximum Gasteiger partial charge on any atom is 0.573 e. The second-order valence-electron chi connectivity index (χ2n) is 4.77. The number of hydrogen-bond acceptors (Lipinski definition) is 4. The standard InChI is InChI=1S/C13H13F3N2O3S/c14-13(15,16)21-11-4-6-12(7-5-11)22(19,20)18(9-1-8-17)10-2-3-10/h4-7,10H,1-3,9H2. The SMILES string of the molecule is N#CCCN(C1CC1)S(=O)(=O)c1ccc(OC(F)(F)F)cc1. The van der Waals surface area contributed by atoms with Crippen LogP contribution in [0.3, 0.4) is 0 Å². The molecule has 1 aromatic carbocycles. The predicted octanol–water partition coefficient (Wildman–Crippen LogP) is 2.65. The van der Waals surface area contributed by atoms with Crippen molar-refractivity contribution < 1.29 is 26.3 Å². The number of alkyl halides is 3. The van der Waals surface area contributed by atoms with E-state index in [0.29, 0.717) is 0 Å². The second-order valence-corrected chi connectivity index (χ2v) is 6.66. The minimum Gasteiger partial charge on any atom is -0.406 e. The summed E-state index contributed by atoms with van der Waals surface area (Å²) in [5.41, 5.74) is 0. The average Bonchev–Trinajstić information content (AvgIpc) is 3.22. The zero-order chi connectivity index (χ0) is 16.4. The summed E-state index contributed by atoms with van der Waals surface area (Å²) in [5.74, 6) is -0.485. The van der Waals surface area contributed by atoms with Gasteiger partial charge in [-0.1, -0.05) is 0 Å². The van der Waals surface area contributed by atoms with E-state index in [-0.39, 0.29) is 23.9 Å². The van der Waals surface area contributed by atoms with Gasteiger partial charge >= 0.3 is 6.36 Å². The molecule has 0 heterocycles. The highest BCUT2D eigenvalue weighted by atomic mass is 32.2. The molecule has 1 saturated carbocycles. The molecule has 1 aromatic rings. The molecule has 22 heavy (non-hydrogen) atoms. The van der Waals surface area contributed by atoms with Gasteiger partial charge in [0, 0.05) is 19.0 Å². The minimum atomic E-state index is -4.83. The van der Waals surface area contributed by atoms with Crippen LogP contribution in [0.1, 0.15) is 19.3 Å². The van der Waals surface area contributed by atoms with Crippen LogP contribution < -0.4 is 4.74 Å². The third-order valence-corrected chi connectivity index (χ3v) is 5.03. The first-order valence-electron chi connectivity index (χ1n) is 6.48. The monoisotopic (exact) mass is 334 g/mol. The molecular weight excluding hydrogens is 321 g/mol. The molecule has 1 aliphatic rings. The predicted molar refractivity (Wildman–Crippen MR) is 70.3 cm³/mol. The van der Waals surface area contributed by atoms with Gasteiger partial charge < -0.3 is 4.74 Å². The maximum absolute atomic E-state index is 12.5. The summed E-state index contributed by atoms with van der Waals surface area (Å²) >= 11 is 0. The second kappa shape index (κ2) is 6.14. The van der Waals surface area contributed by atoms with E-state index in [1.54, 1.807) is 0 Å². The molecule has 1 aliphatic carbocycles. The molecule has 5 nitrogen and oxygen atoms in total. The summed E-state index contributed by atoms with van der Waals surface area (Å²) in [6.45, 7) is 0.0737. The van der Waals surface area contributed by atoms with Gasteiger partial charge in [0.15, 0.2) is 0 Å². The lowest BCUT2D eigenvalue weighted by Crippen LogP contribution is -2.34. The Bertz CT molecular complexity index is 661. The summed E-state index contributed by atoms with van der Waals surface area (Å²) in [4.78, 5) is -0.119. The van der Waals surface area contributed by atoms with E-state index in [1.165, 1.54) is 4.31 Å². The normalized spacial score (nSPS) is 15.6. The number of nitriles is 1. The molecular formula is C13H13F3N2O3S. The summed E-state index contributed by atoms with van der Waals surface area (Å²) in [5, 5.41) is 8.60. The number of rotatable bonds is 6. The Balaban J connectivity index is 2.19. The molecule has 0 aliphatic heterocycles. The van der Waals surface area contributed by atoms with Crippen molar-refractivity contribution in [3.63, 3.8) is 0 Å². The first-order valence-corrected chi connectivity index (χ1v) is 7.92. The molecule has 0 radical (unpaired) electrons. The molecule has 9 heteroatoms. The van der Waals surface area contributed by atoms with E-state index < -0.39 is 22.1 Å². The van der Waals surface area contributed by atoms with Crippen LogP contribution in [0, 0.1) is 11.3 Å². The molecule has 0 unspecified atom stereocenters. The molecule has 0 bridgehead atoms. The van der Waals surface area contributed by atoms with Crippen molar-refractivity contribution in [1.29, 1.82) is 5.26 Å². The van der Waals surface area contributed by atoms with Crippen LogP contribution in [0.2, 0.25) is 0 Å². The van der Waals surface area contributed by atoms with Crippen LogP contribution in [0.4, 0.5) is 13.2 Å². The molecule has 0 amide bonds. The highest BCUT2D eigenvalue weighted by Gasteiger charge is 2.38. The van der Waals surface area contributed by atoms with Crippen molar-refractivity contribution in [2.24, 2.45) is 0 Å². The summed E-state index contributed by atoms with van der Waals surface area (Å²) in [6, 6.07) is 5.80. The summed E-state index contributed by atoms with van der Waals surface area (Å²) in [6.07, 6.45) is -3.32. The van der Waals surface area contributed by atoms with Crippen molar-refractivity contribution in [1.82, 2.24) is 4.31 Å². The van der Waals surface area contributed by atoms with Crippen LogP contribution in [0.15, 0.2) is 29.2 Å². The quantitative estimate of drug-likeness (QED) is 0.802. The van der Waals surface area contributed by atoms with Gasteiger partial charge in [0.05, 0.1) is 11.0 Å². The first-order chi connectivity index (χ1) is 10.2.